The average Bonchev–Trinajstić information content (AvgIpc) is 2.89. The summed E-state index contributed by atoms with van der Waals surface area (Å²) in [4.78, 5) is 11.2. The highest BCUT2D eigenvalue weighted by atomic mass is 16.1. The Kier molecular flexibility index (Phi) is 3.16. The number of hydrogen-bond acceptors (Lipinski definition) is 4. The maximum atomic E-state index is 11.2. The Morgan fingerprint density at radius 2 is 1.90 bits per heavy atom. The number of anilines is 1. The number of ketones is 1. The van der Waals surface area contributed by atoms with Crippen LogP contribution in [0.25, 0.3) is 11.0 Å². The third-order valence-corrected chi connectivity index (χ3v) is 3.14. The van der Waals surface area contributed by atoms with E-state index in [-0.39, 0.29) is 5.78 Å². The molecule has 0 atom stereocenters. The number of nitrogens with one attached hydrogen (secondary N) is 1. The van der Waals surface area contributed by atoms with Crippen molar-refractivity contribution in [3.05, 3.63) is 54.1 Å². The second kappa shape index (κ2) is 5.13. The number of benzene rings is 2. The lowest BCUT2D eigenvalue weighted by Gasteiger charge is -2.07. The summed E-state index contributed by atoms with van der Waals surface area (Å²) >= 11 is 0. The number of rotatable bonds is 4. The fourth-order valence-electron chi connectivity index (χ4n) is 2.02. The molecule has 2 aromatic carbocycles. The molecule has 5 heteroatoms. The number of hydrogen-bond donors (Lipinski definition) is 1. The van der Waals surface area contributed by atoms with Crippen LogP contribution < -0.4 is 5.32 Å². The predicted molar refractivity (Wildman–Crippen MR) is 77.6 cm³/mol. The highest BCUT2D eigenvalue weighted by Crippen LogP contribution is 2.12. The Bertz CT molecular complexity index is 746. The van der Waals surface area contributed by atoms with Crippen LogP contribution in [0.15, 0.2) is 48.5 Å². The van der Waals surface area contributed by atoms with E-state index in [2.05, 4.69) is 15.6 Å². The van der Waals surface area contributed by atoms with Crippen molar-refractivity contribution in [2.24, 2.45) is 0 Å². The molecule has 0 saturated heterocycles. The molecule has 0 aliphatic heterocycles. The summed E-state index contributed by atoms with van der Waals surface area (Å²) < 4.78 is 1.80. The molecule has 20 heavy (non-hydrogen) atoms. The third kappa shape index (κ3) is 2.38. The minimum Gasteiger partial charge on any atom is -0.366 e. The van der Waals surface area contributed by atoms with Crippen LogP contribution in [0.3, 0.4) is 0 Å². The lowest BCUT2D eigenvalue weighted by atomic mass is 10.1. The van der Waals surface area contributed by atoms with Crippen LogP contribution in [0.4, 0.5) is 5.69 Å². The lowest BCUT2D eigenvalue weighted by Crippen LogP contribution is -2.09. The molecule has 0 bridgehead atoms. The summed E-state index contributed by atoms with van der Waals surface area (Å²) in [7, 11) is 0. The summed E-state index contributed by atoms with van der Waals surface area (Å²) in [5.74, 6) is 0.0684. The van der Waals surface area contributed by atoms with Gasteiger partial charge in [-0.05, 0) is 43.3 Å². The van der Waals surface area contributed by atoms with Gasteiger partial charge in [-0.25, -0.2) is 4.68 Å². The fourth-order valence-corrected chi connectivity index (χ4v) is 2.02. The summed E-state index contributed by atoms with van der Waals surface area (Å²) in [6.45, 7) is 2.09. The number of aromatic nitrogens is 3. The van der Waals surface area contributed by atoms with Crippen LogP contribution in [-0.4, -0.2) is 20.8 Å². The smallest absolute Gasteiger partial charge is 0.159 e. The van der Waals surface area contributed by atoms with Gasteiger partial charge < -0.3 is 5.32 Å². The molecule has 5 nitrogen and oxygen atoms in total. The largest absolute Gasteiger partial charge is 0.366 e. The first-order chi connectivity index (χ1) is 9.74. The van der Waals surface area contributed by atoms with Crippen molar-refractivity contribution in [3.8, 4) is 0 Å². The van der Waals surface area contributed by atoms with Gasteiger partial charge in [-0.3, -0.25) is 4.79 Å². The van der Waals surface area contributed by atoms with Gasteiger partial charge in [0.25, 0.3) is 0 Å². The fraction of sp³-hybridized carbons (Fsp3) is 0.133. The zero-order valence-corrected chi connectivity index (χ0v) is 11.1. The number of fused-ring (bicyclic) bond motifs is 1. The van der Waals surface area contributed by atoms with Gasteiger partial charge in [0.2, 0.25) is 0 Å². The van der Waals surface area contributed by atoms with Crippen molar-refractivity contribution < 1.29 is 4.79 Å². The minimum absolute atomic E-state index is 0.0684. The molecule has 0 spiro atoms. The highest BCUT2D eigenvalue weighted by molar-refractivity contribution is 5.94. The van der Waals surface area contributed by atoms with E-state index >= 15 is 0 Å². The number of carbonyl (C=O) groups is 1. The number of Topliss-reactive ketones (excluding diaryl/α,β-unsaturated/α-hetero) is 1. The van der Waals surface area contributed by atoms with E-state index in [1.165, 1.54) is 0 Å². The quantitative estimate of drug-likeness (QED) is 0.738. The molecular formula is C15H14N4O. The molecule has 1 heterocycles. The molecule has 1 aromatic heterocycles. The minimum atomic E-state index is 0.0684. The van der Waals surface area contributed by atoms with E-state index in [4.69, 9.17) is 0 Å². The van der Waals surface area contributed by atoms with Crippen LogP contribution in [0, 0.1) is 0 Å². The molecule has 0 unspecified atom stereocenters. The van der Waals surface area contributed by atoms with E-state index in [9.17, 15) is 4.79 Å². The normalized spacial score (nSPS) is 10.7. The number of nitrogens with zero attached hydrogens (tertiary/aromatic N) is 3. The zero-order valence-electron chi connectivity index (χ0n) is 11.1. The summed E-state index contributed by atoms with van der Waals surface area (Å²) in [5, 5.41) is 11.5. The Morgan fingerprint density at radius 1 is 1.15 bits per heavy atom. The molecule has 0 radical (unpaired) electrons. The van der Waals surface area contributed by atoms with Crippen molar-refractivity contribution in [1.29, 1.82) is 0 Å². The lowest BCUT2D eigenvalue weighted by molar-refractivity contribution is 0.101. The van der Waals surface area contributed by atoms with Crippen molar-refractivity contribution in [2.45, 2.75) is 13.6 Å². The molecular weight excluding hydrogens is 252 g/mol. The predicted octanol–water partition coefficient (Wildman–Crippen LogP) is 2.70. The highest BCUT2D eigenvalue weighted by Gasteiger charge is 2.03. The Labute approximate surface area is 116 Å². The van der Waals surface area contributed by atoms with Gasteiger partial charge >= 0.3 is 0 Å². The van der Waals surface area contributed by atoms with E-state index in [0.29, 0.717) is 12.2 Å². The first-order valence-electron chi connectivity index (χ1n) is 6.37. The first kappa shape index (κ1) is 12.3. The molecule has 0 aliphatic carbocycles. The van der Waals surface area contributed by atoms with Crippen molar-refractivity contribution >= 4 is 22.5 Å². The van der Waals surface area contributed by atoms with E-state index in [0.717, 1.165) is 16.7 Å². The summed E-state index contributed by atoms with van der Waals surface area (Å²) in [5.41, 5.74) is 3.51. The van der Waals surface area contributed by atoms with Gasteiger partial charge in [0, 0.05) is 11.3 Å². The van der Waals surface area contributed by atoms with Gasteiger partial charge in [-0.1, -0.05) is 17.3 Å². The molecule has 0 amide bonds. The van der Waals surface area contributed by atoms with Gasteiger partial charge in [-0.2, -0.15) is 0 Å². The topological polar surface area (TPSA) is 59.8 Å². The summed E-state index contributed by atoms with van der Waals surface area (Å²) in [6, 6.07) is 15.2. The average molecular weight is 266 g/mol. The molecule has 3 aromatic rings. The zero-order chi connectivity index (χ0) is 13.9. The summed E-state index contributed by atoms with van der Waals surface area (Å²) in [6.07, 6.45) is 0. The van der Waals surface area contributed by atoms with Gasteiger partial charge in [0.15, 0.2) is 5.78 Å². The third-order valence-electron chi connectivity index (χ3n) is 3.14. The SMILES string of the molecule is CC(=O)c1ccc(NCn2nnc3ccccc32)cc1. The van der Waals surface area contributed by atoms with Crippen molar-refractivity contribution in [3.63, 3.8) is 0 Å². The Hall–Kier alpha value is -2.69. The van der Waals surface area contributed by atoms with Crippen molar-refractivity contribution in [2.75, 3.05) is 5.32 Å². The molecule has 0 saturated carbocycles. The molecule has 1 N–H and O–H groups in total. The Morgan fingerprint density at radius 3 is 2.65 bits per heavy atom. The molecule has 0 fully saturated rings. The number of carbonyl (C=O) groups excluding carboxylic acids is 1. The van der Waals surface area contributed by atoms with Crippen LogP contribution in [-0.2, 0) is 6.67 Å². The van der Waals surface area contributed by atoms with E-state index < -0.39 is 0 Å². The van der Waals surface area contributed by atoms with Crippen LogP contribution in [0.1, 0.15) is 17.3 Å². The van der Waals surface area contributed by atoms with E-state index in [1.54, 1.807) is 11.6 Å². The Balaban J connectivity index is 1.74. The van der Waals surface area contributed by atoms with Gasteiger partial charge in [-0.15, -0.1) is 5.10 Å². The molecule has 3 rings (SSSR count). The van der Waals surface area contributed by atoms with Crippen LogP contribution in [0.2, 0.25) is 0 Å². The van der Waals surface area contributed by atoms with Crippen LogP contribution >= 0.6 is 0 Å². The maximum absolute atomic E-state index is 11.2. The number of para-hydroxylation sites is 1. The van der Waals surface area contributed by atoms with E-state index in [1.807, 2.05) is 48.5 Å². The van der Waals surface area contributed by atoms with Gasteiger partial charge in [0.1, 0.15) is 12.2 Å². The second-order valence-electron chi connectivity index (χ2n) is 4.55. The van der Waals surface area contributed by atoms with Gasteiger partial charge in [0.05, 0.1) is 5.52 Å². The maximum Gasteiger partial charge on any atom is 0.159 e. The standard InChI is InChI=1S/C15H14N4O/c1-11(20)12-6-8-13(9-7-12)16-10-19-15-5-3-2-4-14(15)17-18-19/h2-9,16H,10H2,1H3. The van der Waals surface area contributed by atoms with Crippen molar-refractivity contribution in [1.82, 2.24) is 15.0 Å². The molecule has 100 valence electrons. The molecule has 0 aliphatic rings. The monoisotopic (exact) mass is 266 g/mol. The van der Waals surface area contributed by atoms with Crippen LogP contribution in [0.5, 0.6) is 0 Å². The second-order valence-corrected chi connectivity index (χ2v) is 4.55. The first-order valence-corrected chi connectivity index (χ1v) is 6.37.